The third kappa shape index (κ3) is 0.679. The summed E-state index contributed by atoms with van der Waals surface area (Å²) in [7, 11) is 0. The molecule has 0 spiro atoms. The van der Waals surface area contributed by atoms with Crippen molar-refractivity contribution in [1.29, 1.82) is 0 Å². The Bertz CT molecular complexity index is 351. The molecule has 3 aliphatic carbocycles. The fourth-order valence-electron chi connectivity index (χ4n) is 3.18. The number of aliphatic hydroxyl groups excluding tert-OH is 1. The van der Waals surface area contributed by atoms with Crippen LogP contribution < -0.4 is 0 Å². The highest BCUT2D eigenvalue weighted by Crippen LogP contribution is 2.55. The Morgan fingerprint density at radius 2 is 1.92 bits per heavy atom. The lowest BCUT2D eigenvalue weighted by atomic mass is 9.84. The molecule has 0 unspecified atom stereocenters. The molecule has 68 valence electrons. The Kier molecular flexibility index (Phi) is 1.17. The molecule has 1 N–H and O–H groups in total. The van der Waals surface area contributed by atoms with E-state index in [9.17, 15) is 9.90 Å². The first-order valence-electron chi connectivity index (χ1n) is 4.82. The molecule has 0 aromatic carbocycles. The third-order valence-corrected chi connectivity index (χ3v) is 3.83. The lowest BCUT2D eigenvalue weighted by molar-refractivity contribution is -0.119. The first-order chi connectivity index (χ1) is 6.20. The molecule has 0 aromatic rings. The minimum Gasteiger partial charge on any atom is -0.512 e. The average Bonchev–Trinajstić information content (AvgIpc) is 2.76. The highest BCUT2D eigenvalue weighted by molar-refractivity contribution is 6.01. The SMILES string of the molecule is CC1=C(O)[C@@H]2[C@H](C1=O)[C@@H]1C=C[C@H]2C1. The van der Waals surface area contributed by atoms with Crippen LogP contribution in [0.4, 0.5) is 0 Å². The minimum atomic E-state index is 0.0787. The Morgan fingerprint density at radius 3 is 2.54 bits per heavy atom. The molecule has 4 atom stereocenters. The molecule has 0 saturated heterocycles. The van der Waals surface area contributed by atoms with E-state index in [0.717, 1.165) is 6.42 Å². The maximum atomic E-state index is 11.7. The summed E-state index contributed by atoms with van der Waals surface area (Å²) < 4.78 is 0. The average molecular weight is 176 g/mol. The first-order valence-corrected chi connectivity index (χ1v) is 4.82. The zero-order valence-electron chi connectivity index (χ0n) is 7.53. The summed E-state index contributed by atoms with van der Waals surface area (Å²) in [6, 6.07) is 0. The zero-order valence-corrected chi connectivity index (χ0v) is 7.53. The van der Waals surface area contributed by atoms with E-state index in [4.69, 9.17) is 0 Å². The molecular formula is C11H12O2. The van der Waals surface area contributed by atoms with Crippen LogP contribution in [0, 0.1) is 23.7 Å². The van der Waals surface area contributed by atoms with Crippen LogP contribution in [-0.4, -0.2) is 10.9 Å². The number of aliphatic hydroxyl groups is 1. The highest BCUT2D eigenvalue weighted by Gasteiger charge is 2.54. The topological polar surface area (TPSA) is 37.3 Å². The van der Waals surface area contributed by atoms with Crippen molar-refractivity contribution < 1.29 is 9.90 Å². The van der Waals surface area contributed by atoms with Crippen LogP contribution >= 0.6 is 0 Å². The lowest BCUT2D eigenvalue weighted by Crippen LogP contribution is -2.21. The molecular weight excluding hydrogens is 164 g/mol. The van der Waals surface area contributed by atoms with Gasteiger partial charge < -0.3 is 5.11 Å². The van der Waals surface area contributed by atoms with Crippen molar-refractivity contribution in [2.75, 3.05) is 0 Å². The maximum Gasteiger partial charge on any atom is 0.166 e. The van der Waals surface area contributed by atoms with Gasteiger partial charge in [0.2, 0.25) is 0 Å². The first kappa shape index (κ1) is 7.36. The van der Waals surface area contributed by atoms with Crippen LogP contribution in [0.25, 0.3) is 0 Å². The molecule has 1 saturated carbocycles. The van der Waals surface area contributed by atoms with Crippen molar-refractivity contribution in [3.8, 4) is 0 Å². The van der Waals surface area contributed by atoms with Crippen LogP contribution in [0.5, 0.6) is 0 Å². The molecule has 2 bridgehead atoms. The maximum absolute atomic E-state index is 11.7. The molecule has 3 rings (SSSR count). The predicted octanol–water partition coefficient (Wildman–Crippen LogP) is 1.84. The second-order valence-corrected chi connectivity index (χ2v) is 4.37. The van der Waals surface area contributed by atoms with Crippen LogP contribution in [0.2, 0.25) is 0 Å². The molecule has 13 heavy (non-hydrogen) atoms. The van der Waals surface area contributed by atoms with E-state index in [0.29, 0.717) is 23.2 Å². The van der Waals surface area contributed by atoms with Crippen LogP contribution in [0.3, 0.4) is 0 Å². The largest absolute Gasteiger partial charge is 0.512 e. The van der Waals surface area contributed by atoms with Gasteiger partial charge in [0.15, 0.2) is 5.78 Å². The smallest absolute Gasteiger partial charge is 0.166 e. The predicted molar refractivity (Wildman–Crippen MR) is 48.1 cm³/mol. The standard InChI is InChI=1S/C11H12O2/c1-5-10(12)8-6-2-3-7(4-6)9(8)11(5)13/h2-3,6-9,12H,4H2,1H3/t6-,7+,8-,9+/m0/s1. The van der Waals surface area contributed by atoms with Gasteiger partial charge in [-0.25, -0.2) is 0 Å². The summed E-state index contributed by atoms with van der Waals surface area (Å²) >= 11 is 0. The van der Waals surface area contributed by atoms with Crippen molar-refractivity contribution >= 4 is 5.78 Å². The van der Waals surface area contributed by atoms with E-state index in [1.54, 1.807) is 6.92 Å². The van der Waals surface area contributed by atoms with Gasteiger partial charge in [-0.2, -0.15) is 0 Å². The number of allylic oxidation sites excluding steroid dienone is 4. The molecule has 3 aliphatic rings. The highest BCUT2D eigenvalue weighted by atomic mass is 16.3. The molecule has 0 aliphatic heterocycles. The van der Waals surface area contributed by atoms with E-state index in [2.05, 4.69) is 12.2 Å². The number of Topliss-reactive ketones (excluding diaryl/α,β-unsaturated/α-hetero) is 1. The molecule has 2 heteroatoms. The van der Waals surface area contributed by atoms with Crippen molar-refractivity contribution in [1.82, 2.24) is 0 Å². The quantitative estimate of drug-likeness (QED) is 0.572. The number of carbonyl (C=O) groups excluding carboxylic acids is 1. The molecule has 1 fully saturated rings. The van der Waals surface area contributed by atoms with Gasteiger partial charge in [-0.05, 0) is 25.2 Å². The van der Waals surface area contributed by atoms with E-state index in [1.165, 1.54) is 0 Å². The third-order valence-electron chi connectivity index (χ3n) is 3.83. The Balaban J connectivity index is 2.11. The van der Waals surface area contributed by atoms with Crippen LogP contribution in [0.15, 0.2) is 23.5 Å². The molecule has 2 nitrogen and oxygen atoms in total. The van der Waals surface area contributed by atoms with Crippen molar-refractivity contribution in [2.45, 2.75) is 13.3 Å². The Labute approximate surface area is 76.9 Å². The van der Waals surface area contributed by atoms with Gasteiger partial charge in [-0.1, -0.05) is 12.2 Å². The van der Waals surface area contributed by atoms with E-state index >= 15 is 0 Å². The van der Waals surface area contributed by atoms with Crippen molar-refractivity contribution in [2.24, 2.45) is 23.7 Å². The molecule has 0 radical (unpaired) electrons. The number of rotatable bonds is 0. The zero-order chi connectivity index (χ0) is 9.16. The van der Waals surface area contributed by atoms with E-state index < -0.39 is 0 Å². The second kappa shape index (κ2) is 2.06. The fraction of sp³-hybridized carbons (Fsp3) is 0.545. The van der Waals surface area contributed by atoms with Gasteiger partial charge in [0.1, 0.15) is 5.76 Å². The van der Waals surface area contributed by atoms with Gasteiger partial charge in [0.05, 0.1) is 0 Å². The number of hydrogen-bond acceptors (Lipinski definition) is 2. The van der Waals surface area contributed by atoms with E-state index in [1.807, 2.05) is 0 Å². The lowest BCUT2D eigenvalue weighted by Gasteiger charge is -2.19. The summed E-state index contributed by atoms with van der Waals surface area (Å²) in [5.74, 6) is 1.59. The number of carbonyl (C=O) groups is 1. The van der Waals surface area contributed by atoms with Crippen molar-refractivity contribution in [3.63, 3.8) is 0 Å². The fourth-order valence-corrected chi connectivity index (χ4v) is 3.18. The molecule has 0 aromatic heterocycles. The Morgan fingerprint density at radius 1 is 1.31 bits per heavy atom. The van der Waals surface area contributed by atoms with Gasteiger partial charge >= 0.3 is 0 Å². The number of hydrogen-bond donors (Lipinski definition) is 1. The summed E-state index contributed by atoms with van der Waals surface area (Å²) in [6.45, 7) is 1.75. The van der Waals surface area contributed by atoms with Crippen molar-refractivity contribution in [3.05, 3.63) is 23.5 Å². The molecule has 0 heterocycles. The van der Waals surface area contributed by atoms with Gasteiger partial charge in [-0.15, -0.1) is 0 Å². The molecule has 0 amide bonds. The van der Waals surface area contributed by atoms with Crippen LogP contribution in [-0.2, 0) is 4.79 Å². The van der Waals surface area contributed by atoms with Gasteiger partial charge in [-0.3, -0.25) is 4.79 Å². The monoisotopic (exact) mass is 176 g/mol. The number of fused-ring (bicyclic) bond motifs is 5. The summed E-state index contributed by atoms with van der Waals surface area (Å²) in [4.78, 5) is 11.7. The summed E-state index contributed by atoms with van der Waals surface area (Å²) in [6.07, 6.45) is 5.38. The van der Waals surface area contributed by atoms with Gasteiger partial charge in [0.25, 0.3) is 0 Å². The minimum absolute atomic E-state index is 0.0787. The number of ketones is 1. The summed E-state index contributed by atoms with van der Waals surface area (Å²) in [5.41, 5.74) is 0.605. The van der Waals surface area contributed by atoms with E-state index in [-0.39, 0.29) is 17.6 Å². The van der Waals surface area contributed by atoms with Crippen LogP contribution in [0.1, 0.15) is 13.3 Å². The second-order valence-electron chi connectivity index (χ2n) is 4.37. The Hall–Kier alpha value is -1.05. The summed E-state index contributed by atoms with van der Waals surface area (Å²) in [5, 5.41) is 9.79. The van der Waals surface area contributed by atoms with Gasteiger partial charge in [0, 0.05) is 17.4 Å². The normalized spacial score (nSPS) is 46.4.